The Labute approximate surface area is 191 Å². The number of anilines is 1. The average molecular weight is 488 g/mol. The minimum Gasteiger partial charge on any atom is -0.482 e. The van der Waals surface area contributed by atoms with Gasteiger partial charge in [-0.15, -0.1) is 0 Å². The quantitative estimate of drug-likeness (QED) is 0.509. The number of pyridine rings is 1. The van der Waals surface area contributed by atoms with Crippen molar-refractivity contribution in [3.05, 3.63) is 58.2 Å². The van der Waals surface area contributed by atoms with E-state index >= 15 is 0 Å². The van der Waals surface area contributed by atoms with E-state index in [0.717, 1.165) is 10.7 Å². The number of alkyl halides is 2. The minimum atomic E-state index is -3.44. The topological polar surface area (TPSA) is 101 Å². The smallest absolute Gasteiger partial charge is 0.379 e. The molecule has 0 amide bonds. The van der Waals surface area contributed by atoms with Gasteiger partial charge in [-0.05, 0) is 25.1 Å². The molecule has 3 atom stereocenters. The summed E-state index contributed by atoms with van der Waals surface area (Å²) in [7, 11) is 0. The fourth-order valence-electron chi connectivity index (χ4n) is 3.49. The Morgan fingerprint density at radius 3 is 2.72 bits per heavy atom. The molecule has 170 valence electrons. The van der Waals surface area contributed by atoms with Gasteiger partial charge < -0.3 is 20.9 Å². The van der Waals surface area contributed by atoms with E-state index < -0.39 is 30.1 Å². The number of hydrogen-bond acceptors (Lipinski definition) is 6. The summed E-state index contributed by atoms with van der Waals surface area (Å²) in [4.78, 5) is 4.09. The number of benzene rings is 1. The lowest BCUT2D eigenvalue weighted by Gasteiger charge is -2.20. The normalized spacial score (nSPS) is 21.0. The molecule has 1 saturated heterocycles. The van der Waals surface area contributed by atoms with Crippen molar-refractivity contribution in [1.29, 1.82) is 0 Å². The fraction of sp³-hybridized carbons (Fsp3) is 0.300. The molecular formula is C20H18Cl2F3N5O2. The summed E-state index contributed by atoms with van der Waals surface area (Å²) in [5.41, 5.74) is 12.9. The number of nitrogen functional groups attached to an aromatic ring is 1. The van der Waals surface area contributed by atoms with E-state index in [-0.39, 0.29) is 33.8 Å². The first kappa shape index (κ1) is 22.7. The van der Waals surface area contributed by atoms with Crippen molar-refractivity contribution in [1.82, 2.24) is 14.8 Å². The summed E-state index contributed by atoms with van der Waals surface area (Å²) < 4.78 is 53.3. The van der Waals surface area contributed by atoms with Crippen LogP contribution in [0.15, 0.2) is 36.8 Å². The zero-order valence-corrected chi connectivity index (χ0v) is 18.1. The van der Waals surface area contributed by atoms with Gasteiger partial charge in [-0.2, -0.15) is 13.9 Å². The molecule has 0 saturated carbocycles. The van der Waals surface area contributed by atoms with Crippen LogP contribution < -0.4 is 16.2 Å². The molecule has 3 aromatic rings. The molecule has 32 heavy (non-hydrogen) atoms. The van der Waals surface area contributed by atoms with Gasteiger partial charge in [0.05, 0.1) is 23.9 Å². The summed E-state index contributed by atoms with van der Waals surface area (Å²) in [6, 6.07) is 1.73. The number of halogens is 5. The van der Waals surface area contributed by atoms with Gasteiger partial charge in [-0.3, -0.25) is 4.68 Å². The van der Waals surface area contributed by atoms with Crippen LogP contribution in [0.25, 0.3) is 11.1 Å². The fourth-order valence-corrected chi connectivity index (χ4v) is 4.17. The van der Waals surface area contributed by atoms with Crippen LogP contribution in [0.3, 0.4) is 0 Å². The van der Waals surface area contributed by atoms with Crippen molar-refractivity contribution >= 4 is 29.0 Å². The monoisotopic (exact) mass is 487 g/mol. The van der Waals surface area contributed by atoms with Crippen LogP contribution in [0.2, 0.25) is 10.0 Å². The zero-order chi connectivity index (χ0) is 23.2. The third kappa shape index (κ3) is 4.11. The number of nitrogens with zero attached hydrogens (tertiary/aromatic N) is 3. The largest absolute Gasteiger partial charge is 0.482 e. The van der Waals surface area contributed by atoms with Crippen molar-refractivity contribution in [2.75, 3.05) is 12.3 Å². The summed E-state index contributed by atoms with van der Waals surface area (Å²) in [5, 5.41) is 4.08. The maximum Gasteiger partial charge on any atom is 0.379 e. The predicted molar refractivity (Wildman–Crippen MR) is 113 cm³/mol. The molecule has 0 spiro atoms. The first-order valence-corrected chi connectivity index (χ1v) is 10.2. The Morgan fingerprint density at radius 2 is 2.03 bits per heavy atom. The second-order valence-corrected chi connectivity index (χ2v) is 8.10. The van der Waals surface area contributed by atoms with Crippen LogP contribution in [0.4, 0.5) is 19.0 Å². The van der Waals surface area contributed by atoms with Gasteiger partial charge >= 0.3 is 6.11 Å². The van der Waals surface area contributed by atoms with Gasteiger partial charge in [0, 0.05) is 34.1 Å². The van der Waals surface area contributed by atoms with Crippen LogP contribution in [0.1, 0.15) is 24.6 Å². The summed E-state index contributed by atoms with van der Waals surface area (Å²) in [6.45, 7) is 1.34. The van der Waals surface area contributed by atoms with E-state index in [0.29, 0.717) is 11.1 Å². The molecule has 2 aromatic heterocycles. The number of nitrogens with two attached hydrogens (primary N) is 2. The van der Waals surface area contributed by atoms with Crippen LogP contribution >= 0.6 is 23.2 Å². The molecule has 2 unspecified atom stereocenters. The van der Waals surface area contributed by atoms with E-state index in [1.54, 1.807) is 13.0 Å². The van der Waals surface area contributed by atoms with E-state index in [4.69, 9.17) is 39.4 Å². The Balaban J connectivity index is 1.62. The third-order valence-corrected chi connectivity index (χ3v) is 5.82. The van der Waals surface area contributed by atoms with Crippen LogP contribution in [0, 0.1) is 5.82 Å². The number of aromatic nitrogens is 3. The van der Waals surface area contributed by atoms with E-state index in [1.807, 2.05) is 0 Å². The van der Waals surface area contributed by atoms with E-state index in [2.05, 4.69) is 14.8 Å². The molecular weight excluding hydrogens is 470 g/mol. The van der Waals surface area contributed by atoms with Crippen molar-refractivity contribution < 1.29 is 22.6 Å². The summed E-state index contributed by atoms with van der Waals surface area (Å²) in [6.07, 6.45) is 0.0462. The van der Waals surface area contributed by atoms with Crippen molar-refractivity contribution in [3.8, 4) is 16.9 Å². The highest BCUT2D eigenvalue weighted by Crippen LogP contribution is 2.39. The lowest BCUT2D eigenvalue weighted by molar-refractivity contribution is -0.227. The number of ether oxygens (including phenoxy) is 2. The molecule has 1 aromatic carbocycles. The molecule has 0 aliphatic carbocycles. The first-order valence-electron chi connectivity index (χ1n) is 9.46. The van der Waals surface area contributed by atoms with Gasteiger partial charge in [0.25, 0.3) is 0 Å². The Morgan fingerprint density at radius 1 is 1.28 bits per heavy atom. The first-order chi connectivity index (χ1) is 15.1. The molecule has 4 rings (SSSR count). The van der Waals surface area contributed by atoms with Crippen molar-refractivity contribution in [3.63, 3.8) is 0 Å². The lowest BCUT2D eigenvalue weighted by atomic mass is 10.1. The Bertz CT molecular complexity index is 1160. The van der Waals surface area contributed by atoms with Crippen molar-refractivity contribution in [2.24, 2.45) is 5.73 Å². The minimum absolute atomic E-state index is 0.0642. The van der Waals surface area contributed by atoms with Gasteiger partial charge in [0.15, 0.2) is 17.6 Å². The molecule has 1 aliphatic heterocycles. The van der Waals surface area contributed by atoms with Crippen LogP contribution in [0.5, 0.6) is 5.75 Å². The highest BCUT2D eigenvalue weighted by molar-refractivity contribution is 6.36. The van der Waals surface area contributed by atoms with Crippen LogP contribution in [-0.4, -0.2) is 33.5 Å². The summed E-state index contributed by atoms with van der Waals surface area (Å²) >= 11 is 12.2. The highest BCUT2D eigenvalue weighted by Gasteiger charge is 2.52. The molecule has 4 N–H and O–H groups in total. The lowest BCUT2D eigenvalue weighted by Crippen LogP contribution is -2.37. The van der Waals surface area contributed by atoms with Gasteiger partial charge in [-0.25, -0.2) is 9.37 Å². The molecule has 1 fully saturated rings. The van der Waals surface area contributed by atoms with Gasteiger partial charge in [0.1, 0.15) is 11.9 Å². The molecule has 1 aliphatic rings. The Hall–Kier alpha value is -2.53. The number of hydrogen-bond donors (Lipinski definition) is 2. The SMILES string of the molecule is C[C@@H](Oc1cc(-c2cnn(C3C(N)COC3(F)F)c2)cnc1N)c1c(Cl)ccc(F)c1Cl. The summed E-state index contributed by atoms with van der Waals surface area (Å²) in [5.74, 6) is -0.403. The average Bonchev–Trinajstić information content (AvgIpc) is 3.30. The molecule has 0 bridgehead atoms. The van der Waals surface area contributed by atoms with Crippen LogP contribution in [-0.2, 0) is 4.74 Å². The Kier molecular flexibility index (Phi) is 5.97. The second kappa shape index (κ2) is 8.43. The van der Waals surface area contributed by atoms with Gasteiger partial charge in [-0.1, -0.05) is 23.2 Å². The maximum atomic E-state index is 14.0. The van der Waals surface area contributed by atoms with E-state index in [9.17, 15) is 13.2 Å². The molecule has 3 heterocycles. The zero-order valence-electron chi connectivity index (χ0n) is 16.6. The standard InChI is InChI=1S/C20H18Cl2F3N5O2/c1-9(16-12(21)2-3-13(23)17(16)22)32-15-4-10(5-28-19(15)27)11-6-29-30(7-11)18-14(26)8-31-20(18,24)25/h2-7,9,14,18H,8,26H2,1H3,(H2,27,28)/t9-,14?,18?/m1/s1. The number of rotatable bonds is 5. The molecule has 12 heteroatoms. The maximum absolute atomic E-state index is 14.0. The molecule has 0 radical (unpaired) electrons. The van der Waals surface area contributed by atoms with E-state index in [1.165, 1.54) is 24.7 Å². The van der Waals surface area contributed by atoms with Crippen molar-refractivity contribution in [2.45, 2.75) is 31.2 Å². The second-order valence-electron chi connectivity index (χ2n) is 7.31. The molecule has 7 nitrogen and oxygen atoms in total. The predicted octanol–water partition coefficient (Wildman–Crippen LogP) is 4.60. The highest BCUT2D eigenvalue weighted by atomic mass is 35.5. The third-order valence-electron chi connectivity index (χ3n) is 5.11. The van der Waals surface area contributed by atoms with Gasteiger partial charge in [0.2, 0.25) is 0 Å².